The molecule has 1 atom stereocenters. The zero-order valence-electron chi connectivity index (χ0n) is 9.11. The molecule has 1 aromatic heterocycles. The Morgan fingerprint density at radius 3 is 2.71 bits per heavy atom. The van der Waals surface area contributed by atoms with Gasteiger partial charge in [0.2, 0.25) is 0 Å². The van der Waals surface area contributed by atoms with E-state index in [9.17, 15) is 4.79 Å². The molecule has 0 radical (unpaired) electrons. The number of aryl methyl sites for hydroxylation is 1. The van der Waals surface area contributed by atoms with Gasteiger partial charge in [-0.25, -0.2) is 0 Å². The summed E-state index contributed by atoms with van der Waals surface area (Å²) in [5.41, 5.74) is 0.134. The van der Waals surface area contributed by atoms with Crippen LogP contribution in [-0.2, 0) is 6.54 Å². The largest absolute Gasteiger partial charge is 0.393 e. The van der Waals surface area contributed by atoms with Crippen LogP contribution in [0.3, 0.4) is 0 Å². The molecule has 4 nitrogen and oxygen atoms in total. The first-order valence-corrected chi connectivity index (χ1v) is 5.91. The SMILES string of the molecule is CC(O)CCn1oc2cc(Cl)c(Cl)cc2c1=O. The summed E-state index contributed by atoms with van der Waals surface area (Å²) in [6.07, 6.45) is -0.0384. The number of rotatable bonds is 3. The van der Waals surface area contributed by atoms with Crippen LogP contribution in [0.2, 0.25) is 10.0 Å². The third-order valence-corrected chi connectivity index (χ3v) is 3.16. The van der Waals surface area contributed by atoms with E-state index in [0.717, 1.165) is 0 Å². The van der Waals surface area contributed by atoms with E-state index in [-0.39, 0.29) is 5.56 Å². The molecule has 1 heterocycles. The Hall–Kier alpha value is -0.970. The fourth-order valence-electron chi connectivity index (χ4n) is 1.52. The molecule has 1 N–H and O–H groups in total. The van der Waals surface area contributed by atoms with Gasteiger partial charge in [0.15, 0.2) is 5.58 Å². The second-order valence-electron chi connectivity index (χ2n) is 3.90. The molecule has 0 saturated carbocycles. The molecule has 0 saturated heterocycles. The van der Waals surface area contributed by atoms with Crippen LogP contribution in [0.5, 0.6) is 0 Å². The maximum atomic E-state index is 11.9. The first-order chi connectivity index (χ1) is 7.99. The first-order valence-electron chi connectivity index (χ1n) is 5.16. The molecule has 2 aromatic rings. The number of nitrogens with zero attached hydrogens (tertiary/aromatic N) is 1. The van der Waals surface area contributed by atoms with E-state index < -0.39 is 6.10 Å². The quantitative estimate of drug-likeness (QED) is 0.937. The molecule has 0 spiro atoms. The molecule has 2 rings (SSSR count). The zero-order chi connectivity index (χ0) is 12.6. The van der Waals surface area contributed by atoms with Gasteiger partial charge in [-0.05, 0) is 19.4 Å². The van der Waals surface area contributed by atoms with Gasteiger partial charge >= 0.3 is 0 Å². The smallest absolute Gasteiger partial charge is 0.290 e. The highest BCUT2D eigenvalue weighted by molar-refractivity contribution is 6.42. The Bertz CT molecular complexity index is 601. The number of fused-ring (bicyclic) bond motifs is 1. The highest BCUT2D eigenvalue weighted by atomic mass is 35.5. The van der Waals surface area contributed by atoms with Crippen LogP contribution in [-0.4, -0.2) is 16.0 Å². The van der Waals surface area contributed by atoms with Crippen LogP contribution in [0.25, 0.3) is 11.0 Å². The Labute approximate surface area is 107 Å². The lowest BCUT2D eigenvalue weighted by Crippen LogP contribution is -2.17. The van der Waals surface area contributed by atoms with Gasteiger partial charge in [-0.3, -0.25) is 4.79 Å². The summed E-state index contributed by atoms with van der Waals surface area (Å²) in [6.45, 7) is 1.97. The highest BCUT2D eigenvalue weighted by Gasteiger charge is 2.12. The summed E-state index contributed by atoms with van der Waals surface area (Å²) >= 11 is 11.7. The molecule has 92 valence electrons. The van der Waals surface area contributed by atoms with Crippen molar-refractivity contribution in [3.05, 3.63) is 32.5 Å². The minimum absolute atomic E-state index is 0.265. The lowest BCUT2D eigenvalue weighted by atomic mass is 10.2. The van der Waals surface area contributed by atoms with Crippen LogP contribution in [0.1, 0.15) is 13.3 Å². The van der Waals surface area contributed by atoms with E-state index in [2.05, 4.69) is 0 Å². The third-order valence-electron chi connectivity index (χ3n) is 2.44. The molecular weight excluding hydrogens is 265 g/mol. The van der Waals surface area contributed by atoms with E-state index in [1.165, 1.54) is 16.9 Å². The van der Waals surface area contributed by atoms with Crippen molar-refractivity contribution < 1.29 is 9.63 Å². The number of hydrogen-bond acceptors (Lipinski definition) is 3. The summed E-state index contributed by atoms with van der Waals surface area (Å²) in [5.74, 6) is 0. The molecule has 0 fully saturated rings. The minimum atomic E-state index is -0.484. The molecule has 1 unspecified atom stereocenters. The molecule has 0 aliphatic heterocycles. The van der Waals surface area contributed by atoms with E-state index in [1.807, 2.05) is 0 Å². The average Bonchev–Trinajstić information content (AvgIpc) is 2.54. The van der Waals surface area contributed by atoms with Crippen molar-refractivity contribution >= 4 is 34.2 Å². The van der Waals surface area contributed by atoms with E-state index >= 15 is 0 Å². The number of aromatic nitrogens is 1. The van der Waals surface area contributed by atoms with Gasteiger partial charge in [-0.15, -0.1) is 0 Å². The van der Waals surface area contributed by atoms with Crippen molar-refractivity contribution in [2.45, 2.75) is 26.0 Å². The van der Waals surface area contributed by atoms with Crippen molar-refractivity contribution in [1.82, 2.24) is 4.74 Å². The third kappa shape index (κ3) is 2.49. The van der Waals surface area contributed by atoms with Crippen LogP contribution in [0.4, 0.5) is 0 Å². The van der Waals surface area contributed by atoms with Crippen molar-refractivity contribution in [3.8, 4) is 0 Å². The van der Waals surface area contributed by atoms with E-state index in [4.69, 9.17) is 32.8 Å². The lowest BCUT2D eigenvalue weighted by Gasteiger charge is -2.01. The van der Waals surface area contributed by atoms with Gasteiger partial charge < -0.3 is 9.63 Å². The predicted molar refractivity (Wildman–Crippen MR) is 66.8 cm³/mol. The summed E-state index contributed by atoms with van der Waals surface area (Å²) in [4.78, 5) is 11.9. The van der Waals surface area contributed by atoms with Crippen molar-refractivity contribution in [2.24, 2.45) is 0 Å². The monoisotopic (exact) mass is 275 g/mol. The van der Waals surface area contributed by atoms with Crippen LogP contribution < -0.4 is 5.56 Å². The van der Waals surface area contributed by atoms with Gasteiger partial charge in [0.1, 0.15) is 0 Å². The molecule has 0 aliphatic carbocycles. The average molecular weight is 276 g/mol. The summed E-state index contributed by atoms with van der Waals surface area (Å²) < 4.78 is 6.53. The molecule has 6 heteroatoms. The lowest BCUT2D eigenvalue weighted by molar-refractivity contribution is 0.158. The molecule has 17 heavy (non-hydrogen) atoms. The molecule has 0 bridgehead atoms. The van der Waals surface area contributed by atoms with E-state index in [0.29, 0.717) is 34.0 Å². The maximum absolute atomic E-state index is 11.9. The summed E-state index contributed by atoms with van der Waals surface area (Å²) in [5, 5.41) is 10.2. The van der Waals surface area contributed by atoms with Crippen LogP contribution >= 0.6 is 23.2 Å². The molecule has 0 amide bonds. The molecular formula is C11H11Cl2NO3. The number of benzene rings is 1. The van der Waals surface area contributed by atoms with Crippen molar-refractivity contribution in [3.63, 3.8) is 0 Å². The van der Waals surface area contributed by atoms with Crippen LogP contribution in [0, 0.1) is 0 Å². The Morgan fingerprint density at radius 2 is 2.06 bits per heavy atom. The number of aliphatic hydroxyl groups is 1. The highest BCUT2D eigenvalue weighted by Crippen LogP contribution is 2.26. The standard InChI is InChI=1S/C11H11Cl2NO3/c1-6(15)2-3-14-11(16)7-4-8(12)9(13)5-10(7)17-14/h4-6,15H,2-3H2,1H3. The van der Waals surface area contributed by atoms with Gasteiger partial charge in [0, 0.05) is 6.07 Å². The van der Waals surface area contributed by atoms with Gasteiger partial charge in [-0.2, -0.15) is 4.74 Å². The fraction of sp³-hybridized carbons (Fsp3) is 0.364. The number of halogens is 2. The number of hydrogen-bond donors (Lipinski definition) is 1. The minimum Gasteiger partial charge on any atom is -0.393 e. The predicted octanol–water partition coefficient (Wildman–Crippen LogP) is 2.67. The Kier molecular flexibility index (Phi) is 3.47. The van der Waals surface area contributed by atoms with Gasteiger partial charge in [0.05, 0.1) is 28.1 Å². The topological polar surface area (TPSA) is 55.4 Å². The fourth-order valence-corrected chi connectivity index (χ4v) is 1.83. The zero-order valence-corrected chi connectivity index (χ0v) is 10.6. The first kappa shape index (κ1) is 12.5. The maximum Gasteiger partial charge on any atom is 0.290 e. The Balaban J connectivity index is 2.46. The normalized spacial score (nSPS) is 13.2. The van der Waals surface area contributed by atoms with Crippen molar-refractivity contribution in [1.29, 1.82) is 0 Å². The van der Waals surface area contributed by atoms with E-state index in [1.54, 1.807) is 6.92 Å². The van der Waals surface area contributed by atoms with Gasteiger partial charge in [0.25, 0.3) is 5.56 Å². The molecule has 1 aromatic carbocycles. The summed E-state index contributed by atoms with van der Waals surface area (Å²) in [6, 6.07) is 3.00. The second-order valence-corrected chi connectivity index (χ2v) is 4.71. The molecule has 0 aliphatic rings. The van der Waals surface area contributed by atoms with Gasteiger partial charge in [-0.1, -0.05) is 23.2 Å². The van der Waals surface area contributed by atoms with Crippen LogP contribution in [0.15, 0.2) is 21.5 Å². The van der Waals surface area contributed by atoms with Crippen molar-refractivity contribution in [2.75, 3.05) is 0 Å². The second kappa shape index (κ2) is 4.72. The summed E-state index contributed by atoms with van der Waals surface area (Å²) in [7, 11) is 0. The Morgan fingerprint density at radius 1 is 1.41 bits per heavy atom. The number of aliphatic hydroxyl groups excluding tert-OH is 1.